The lowest BCUT2D eigenvalue weighted by atomic mass is 10.0. The van der Waals surface area contributed by atoms with Crippen molar-refractivity contribution in [2.45, 2.75) is 25.9 Å². The van der Waals surface area contributed by atoms with Gasteiger partial charge in [-0.25, -0.2) is 8.78 Å². The molecule has 0 aliphatic rings. The third-order valence-electron chi connectivity index (χ3n) is 3.03. The average Bonchev–Trinajstić information content (AvgIpc) is 2.64. The molecule has 1 aromatic carbocycles. The van der Waals surface area contributed by atoms with E-state index in [4.69, 9.17) is 0 Å². The van der Waals surface area contributed by atoms with Gasteiger partial charge in [-0.05, 0) is 24.6 Å². The Morgan fingerprint density at radius 2 is 2.05 bits per heavy atom. The van der Waals surface area contributed by atoms with Crippen LogP contribution in [0.15, 0.2) is 24.3 Å². The van der Waals surface area contributed by atoms with Gasteiger partial charge in [0.25, 0.3) is 0 Å². The Kier molecular flexibility index (Phi) is 3.95. The summed E-state index contributed by atoms with van der Waals surface area (Å²) in [5.74, 6) is -1.77. The van der Waals surface area contributed by atoms with Gasteiger partial charge >= 0.3 is 0 Å². The first-order valence-corrected chi connectivity index (χ1v) is 6.08. The topological polar surface area (TPSA) is 38.0 Å². The summed E-state index contributed by atoms with van der Waals surface area (Å²) in [4.78, 5) is 0. The summed E-state index contributed by atoms with van der Waals surface area (Å²) in [5, 5.41) is 14.1. The highest BCUT2D eigenvalue weighted by molar-refractivity contribution is 5.20. The zero-order chi connectivity index (χ0) is 14.0. The Hall–Kier alpha value is -1.75. The molecule has 1 atom stereocenters. The lowest BCUT2D eigenvalue weighted by Crippen LogP contribution is -2.17. The summed E-state index contributed by atoms with van der Waals surface area (Å²) >= 11 is 0. The number of aryl methyl sites for hydroxylation is 2. The standard InChI is InChI=1S/C14H16F2N2O/c1-9-6-11(18(2)17-9)8-12(19)7-10-4-3-5-13(15)14(10)16/h3-6,12,19H,7-8H2,1-2H3. The van der Waals surface area contributed by atoms with Crippen LogP contribution >= 0.6 is 0 Å². The number of hydrogen-bond acceptors (Lipinski definition) is 2. The molecule has 0 amide bonds. The molecule has 2 rings (SSSR count). The van der Waals surface area contributed by atoms with E-state index in [2.05, 4.69) is 5.10 Å². The molecule has 1 unspecified atom stereocenters. The largest absolute Gasteiger partial charge is 0.392 e. The van der Waals surface area contributed by atoms with E-state index in [0.717, 1.165) is 17.5 Å². The van der Waals surface area contributed by atoms with Gasteiger partial charge in [0.15, 0.2) is 11.6 Å². The molecule has 5 heteroatoms. The number of rotatable bonds is 4. The quantitative estimate of drug-likeness (QED) is 0.920. The first kappa shape index (κ1) is 13.7. The molecule has 0 radical (unpaired) electrons. The number of hydrogen-bond donors (Lipinski definition) is 1. The Labute approximate surface area is 110 Å². The van der Waals surface area contributed by atoms with Crippen LogP contribution in [0.3, 0.4) is 0 Å². The average molecular weight is 266 g/mol. The molecule has 3 nitrogen and oxygen atoms in total. The van der Waals surface area contributed by atoms with Gasteiger partial charge < -0.3 is 5.11 Å². The number of aliphatic hydroxyl groups is 1. The second-order valence-corrected chi connectivity index (χ2v) is 4.68. The van der Waals surface area contributed by atoms with Crippen molar-refractivity contribution >= 4 is 0 Å². The van der Waals surface area contributed by atoms with Gasteiger partial charge in [0.05, 0.1) is 11.8 Å². The Bertz CT molecular complexity index is 581. The first-order valence-electron chi connectivity index (χ1n) is 6.08. The van der Waals surface area contributed by atoms with E-state index in [1.54, 1.807) is 11.7 Å². The van der Waals surface area contributed by atoms with Gasteiger partial charge in [0.1, 0.15) is 0 Å². The Morgan fingerprint density at radius 3 is 2.68 bits per heavy atom. The molecule has 1 aromatic heterocycles. The molecule has 1 heterocycles. The van der Waals surface area contributed by atoms with Gasteiger partial charge in [0, 0.05) is 25.6 Å². The summed E-state index contributed by atoms with van der Waals surface area (Å²) in [5.41, 5.74) is 1.91. The van der Waals surface area contributed by atoms with Gasteiger partial charge in [-0.15, -0.1) is 0 Å². The summed E-state index contributed by atoms with van der Waals surface area (Å²) in [6, 6.07) is 5.85. The van der Waals surface area contributed by atoms with Gasteiger partial charge in [-0.2, -0.15) is 5.10 Å². The van der Waals surface area contributed by atoms with Crippen molar-refractivity contribution in [2.24, 2.45) is 7.05 Å². The number of halogens is 2. The predicted molar refractivity (Wildman–Crippen MR) is 67.7 cm³/mol. The molecule has 0 saturated carbocycles. The van der Waals surface area contributed by atoms with Crippen molar-refractivity contribution in [2.75, 3.05) is 0 Å². The number of benzene rings is 1. The summed E-state index contributed by atoms with van der Waals surface area (Å²) in [6.07, 6.45) is -0.340. The molecule has 0 fully saturated rings. The van der Waals surface area contributed by atoms with Gasteiger partial charge in [-0.3, -0.25) is 4.68 Å². The molecule has 0 spiro atoms. The minimum absolute atomic E-state index is 0.0772. The normalized spacial score (nSPS) is 12.7. The maximum absolute atomic E-state index is 13.5. The minimum Gasteiger partial charge on any atom is -0.392 e. The van der Waals surface area contributed by atoms with E-state index >= 15 is 0 Å². The van der Waals surface area contributed by atoms with Crippen LogP contribution < -0.4 is 0 Å². The highest BCUT2D eigenvalue weighted by Gasteiger charge is 2.14. The lowest BCUT2D eigenvalue weighted by molar-refractivity contribution is 0.171. The van der Waals surface area contributed by atoms with Crippen LogP contribution in [0.4, 0.5) is 8.78 Å². The van der Waals surface area contributed by atoms with Crippen LogP contribution in [-0.4, -0.2) is 21.0 Å². The van der Waals surface area contributed by atoms with Crippen molar-refractivity contribution in [1.82, 2.24) is 9.78 Å². The van der Waals surface area contributed by atoms with Gasteiger partial charge in [-0.1, -0.05) is 12.1 Å². The molecule has 0 aliphatic carbocycles. The third kappa shape index (κ3) is 3.17. The fourth-order valence-corrected chi connectivity index (χ4v) is 2.13. The molecule has 0 bridgehead atoms. The number of aromatic nitrogens is 2. The zero-order valence-electron chi connectivity index (χ0n) is 10.9. The van der Waals surface area contributed by atoms with E-state index in [1.807, 2.05) is 13.0 Å². The predicted octanol–water partition coefficient (Wildman–Crippen LogP) is 2.15. The van der Waals surface area contributed by atoms with Gasteiger partial charge in [0.2, 0.25) is 0 Å². The first-order chi connectivity index (χ1) is 8.97. The van der Waals surface area contributed by atoms with Crippen molar-refractivity contribution in [3.8, 4) is 0 Å². The van der Waals surface area contributed by atoms with Crippen LogP contribution in [0.2, 0.25) is 0 Å². The maximum atomic E-state index is 13.5. The fourth-order valence-electron chi connectivity index (χ4n) is 2.13. The van der Waals surface area contributed by atoms with E-state index in [9.17, 15) is 13.9 Å². The molecule has 19 heavy (non-hydrogen) atoms. The molecular weight excluding hydrogens is 250 g/mol. The van der Waals surface area contributed by atoms with Crippen LogP contribution in [0.1, 0.15) is 17.0 Å². The lowest BCUT2D eigenvalue weighted by Gasteiger charge is -2.11. The van der Waals surface area contributed by atoms with Crippen LogP contribution in [0.5, 0.6) is 0 Å². The molecule has 2 aromatic rings. The van der Waals surface area contributed by atoms with Crippen molar-refractivity contribution in [1.29, 1.82) is 0 Å². The molecular formula is C14H16F2N2O. The van der Waals surface area contributed by atoms with E-state index in [1.165, 1.54) is 12.1 Å². The summed E-state index contributed by atoms with van der Waals surface area (Å²) in [7, 11) is 1.79. The van der Waals surface area contributed by atoms with Crippen LogP contribution in [-0.2, 0) is 19.9 Å². The fraction of sp³-hybridized carbons (Fsp3) is 0.357. The molecule has 102 valence electrons. The van der Waals surface area contributed by atoms with Crippen molar-refractivity contribution < 1.29 is 13.9 Å². The molecule has 0 saturated heterocycles. The van der Waals surface area contributed by atoms with Crippen LogP contribution in [0, 0.1) is 18.6 Å². The monoisotopic (exact) mass is 266 g/mol. The Morgan fingerprint density at radius 1 is 1.32 bits per heavy atom. The molecule has 1 N–H and O–H groups in total. The number of nitrogens with zero attached hydrogens (tertiary/aromatic N) is 2. The van der Waals surface area contributed by atoms with E-state index < -0.39 is 17.7 Å². The molecule has 0 aliphatic heterocycles. The Balaban J connectivity index is 2.07. The summed E-state index contributed by atoms with van der Waals surface area (Å²) in [6.45, 7) is 1.86. The highest BCUT2D eigenvalue weighted by atomic mass is 19.2. The van der Waals surface area contributed by atoms with E-state index in [0.29, 0.717) is 6.42 Å². The highest BCUT2D eigenvalue weighted by Crippen LogP contribution is 2.15. The second kappa shape index (κ2) is 5.48. The van der Waals surface area contributed by atoms with Crippen LogP contribution in [0.25, 0.3) is 0 Å². The SMILES string of the molecule is Cc1cc(CC(O)Cc2cccc(F)c2F)n(C)n1. The van der Waals surface area contributed by atoms with Crippen molar-refractivity contribution in [3.05, 3.63) is 52.9 Å². The summed E-state index contributed by atoms with van der Waals surface area (Å²) < 4.78 is 28.2. The van der Waals surface area contributed by atoms with E-state index in [-0.39, 0.29) is 12.0 Å². The minimum atomic E-state index is -0.888. The maximum Gasteiger partial charge on any atom is 0.162 e. The third-order valence-corrected chi connectivity index (χ3v) is 3.03. The second-order valence-electron chi connectivity index (χ2n) is 4.68. The smallest absolute Gasteiger partial charge is 0.162 e. The van der Waals surface area contributed by atoms with Crippen molar-refractivity contribution in [3.63, 3.8) is 0 Å². The zero-order valence-corrected chi connectivity index (χ0v) is 10.9. The number of aliphatic hydroxyl groups excluding tert-OH is 1.